The monoisotopic (exact) mass is 711 g/mol. The van der Waals surface area contributed by atoms with E-state index in [4.69, 9.17) is 11.6 Å². The van der Waals surface area contributed by atoms with E-state index in [1.807, 2.05) is 13.0 Å². The number of sulfone groups is 1. The van der Waals surface area contributed by atoms with Crippen molar-refractivity contribution in [2.45, 2.75) is 44.0 Å². The molecule has 6 rings (SSSR count). The fourth-order valence-corrected chi connectivity index (χ4v) is 7.70. The molecule has 2 fully saturated rings. The third-order valence-corrected chi connectivity index (χ3v) is 10.4. The summed E-state index contributed by atoms with van der Waals surface area (Å²) in [6.45, 7) is 7.02. The highest BCUT2D eigenvalue weighted by molar-refractivity contribution is 7.90. The largest absolute Gasteiger partial charge is 0.355 e. The second-order valence-corrected chi connectivity index (χ2v) is 14.8. The van der Waals surface area contributed by atoms with Crippen LogP contribution in [-0.4, -0.2) is 95.2 Å². The fraction of sp³-hybridized carbons (Fsp3) is 0.382. The third kappa shape index (κ3) is 6.94. The van der Waals surface area contributed by atoms with E-state index in [-0.39, 0.29) is 62.2 Å². The molecule has 0 saturated carbocycles. The molecule has 1 aromatic carbocycles. The summed E-state index contributed by atoms with van der Waals surface area (Å²) in [7, 11) is -3.91. The lowest BCUT2D eigenvalue weighted by atomic mass is 10.1. The first-order chi connectivity index (χ1) is 23.3. The van der Waals surface area contributed by atoms with Gasteiger partial charge in [-0.1, -0.05) is 30.2 Å². The van der Waals surface area contributed by atoms with Gasteiger partial charge in [-0.3, -0.25) is 14.7 Å². The minimum Gasteiger partial charge on any atom is -0.350 e. The Balaban J connectivity index is 1.45. The molecule has 1 amide bonds. The summed E-state index contributed by atoms with van der Waals surface area (Å²) in [6.07, 6.45) is 9.32. The van der Waals surface area contributed by atoms with Gasteiger partial charge in [0.1, 0.15) is 17.3 Å². The molecule has 0 bridgehead atoms. The Kier molecular flexibility index (Phi) is 9.83. The van der Waals surface area contributed by atoms with Crippen molar-refractivity contribution in [2.24, 2.45) is 0 Å². The van der Waals surface area contributed by atoms with Gasteiger partial charge in [-0.05, 0) is 64.0 Å². The second kappa shape index (κ2) is 13.9. The lowest BCUT2D eigenvalue weighted by Crippen LogP contribution is -2.54. The van der Waals surface area contributed by atoms with Crippen molar-refractivity contribution >= 4 is 44.2 Å². The van der Waals surface area contributed by atoms with Gasteiger partial charge >= 0.3 is 5.69 Å². The number of rotatable bonds is 7. The summed E-state index contributed by atoms with van der Waals surface area (Å²) in [4.78, 5) is 45.7. The first-order valence-electron chi connectivity index (χ1n) is 16.0. The molecular formula is C34H36ClF2N7O4S. The van der Waals surface area contributed by atoms with Crippen molar-refractivity contribution in [3.63, 3.8) is 0 Å². The molecule has 0 spiro atoms. The molecule has 11 nitrogen and oxygen atoms in total. The number of hydrogen-bond acceptors (Lipinski definition) is 9. The molecule has 2 aliphatic heterocycles. The highest BCUT2D eigenvalue weighted by Gasteiger charge is 2.31. The van der Waals surface area contributed by atoms with Crippen LogP contribution in [0.5, 0.6) is 0 Å². The topological polar surface area (TPSA) is 122 Å². The van der Waals surface area contributed by atoms with E-state index in [2.05, 4.69) is 19.9 Å². The fourth-order valence-electron chi connectivity index (χ4n) is 6.55. The van der Waals surface area contributed by atoms with Crippen LogP contribution in [0.2, 0.25) is 5.02 Å². The van der Waals surface area contributed by atoms with E-state index in [1.54, 1.807) is 15.9 Å². The molecule has 0 aliphatic carbocycles. The number of benzene rings is 1. The average Bonchev–Trinajstić information content (AvgIpc) is 3.05. The maximum absolute atomic E-state index is 16.0. The van der Waals surface area contributed by atoms with Crippen LogP contribution in [0, 0.1) is 18.6 Å². The van der Waals surface area contributed by atoms with Gasteiger partial charge in [0.2, 0.25) is 5.91 Å². The molecule has 0 unspecified atom stereocenters. The molecule has 258 valence electrons. The molecule has 49 heavy (non-hydrogen) atoms. The highest BCUT2D eigenvalue weighted by atomic mass is 35.5. The number of pyridine rings is 2. The van der Waals surface area contributed by atoms with Gasteiger partial charge in [-0.2, -0.15) is 4.98 Å². The number of piperazine rings is 1. The molecule has 15 heteroatoms. The molecule has 0 N–H and O–H groups in total. The summed E-state index contributed by atoms with van der Waals surface area (Å²) < 4.78 is 57.9. The summed E-state index contributed by atoms with van der Waals surface area (Å²) in [5.74, 6) is -1.80. The van der Waals surface area contributed by atoms with Crippen LogP contribution in [0.1, 0.15) is 31.9 Å². The predicted molar refractivity (Wildman–Crippen MR) is 184 cm³/mol. The van der Waals surface area contributed by atoms with Gasteiger partial charge in [0, 0.05) is 50.7 Å². The SMILES string of the molecule is Cc1nccc(S(C)(=O)=O)c1-n1c(=O)nc(N2CCN(C(=O)/C=C/CN3CCCCC3)C[C@@H]2C)c2cc(F)c(-c3c(F)cccc3Cl)nc21. The number of piperidine rings is 1. The quantitative estimate of drug-likeness (QED) is 0.254. The summed E-state index contributed by atoms with van der Waals surface area (Å²) >= 11 is 6.30. The smallest absolute Gasteiger partial charge is 0.350 e. The molecule has 1 atom stereocenters. The summed E-state index contributed by atoms with van der Waals surface area (Å²) in [5.41, 5.74) is -1.79. The standard InChI is InChI=1S/C34H36ClF2N7O4S/c1-21-20-42(28(45)11-8-16-41-14-5-4-6-15-41)17-18-43(21)32-23-19-26(37)30(29-24(35)9-7-10-25(29)36)39-33(23)44(34(46)40-32)31-22(2)38-13-12-27(31)49(3,47)48/h7-13,19,21H,4-6,14-18,20H2,1-3H3/b11-8+/t21-/m0/s1. The third-order valence-electron chi connectivity index (χ3n) is 8.98. The molecule has 0 radical (unpaired) electrons. The van der Waals surface area contributed by atoms with Crippen molar-refractivity contribution in [3.05, 3.63) is 81.5 Å². The van der Waals surface area contributed by atoms with Gasteiger partial charge in [0.25, 0.3) is 0 Å². The van der Waals surface area contributed by atoms with Crippen LogP contribution in [0.4, 0.5) is 14.6 Å². The molecule has 2 saturated heterocycles. The number of hydrogen-bond donors (Lipinski definition) is 0. The molecule has 2 aliphatic rings. The Morgan fingerprint density at radius 2 is 1.82 bits per heavy atom. The minimum atomic E-state index is -3.91. The van der Waals surface area contributed by atoms with E-state index >= 15 is 8.78 Å². The van der Waals surface area contributed by atoms with Crippen LogP contribution in [-0.2, 0) is 14.6 Å². The maximum Gasteiger partial charge on any atom is 0.355 e. The maximum atomic E-state index is 16.0. The normalized spacial score (nSPS) is 17.7. The number of aryl methyl sites for hydroxylation is 1. The van der Waals surface area contributed by atoms with E-state index < -0.39 is 32.9 Å². The van der Waals surface area contributed by atoms with Crippen LogP contribution < -0.4 is 10.6 Å². The number of fused-ring (bicyclic) bond motifs is 1. The van der Waals surface area contributed by atoms with Crippen LogP contribution in [0.3, 0.4) is 0 Å². The zero-order chi connectivity index (χ0) is 35.0. The second-order valence-electron chi connectivity index (χ2n) is 12.4. The summed E-state index contributed by atoms with van der Waals surface area (Å²) in [6, 6.07) is 5.85. The van der Waals surface area contributed by atoms with E-state index in [9.17, 15) is 18.0 Å². The Morgan fingerprint density at radius 1 is 1.06 bits per heavy atom. The number of aromatic nitrogens is 4. The number of carbonyl (C=O) groups excluding carboxylic acids is 1. The predicted octanol–water partition coefficient (Wildman–Crippen LogP) is 4.57. The zero-order valence-electron chi connectivity index (χ0n) is 27.4. The highest BCUT2D eigenvalue weighted by Crippen LogP contribution is 2.36. The number of amides is 1. The van der Waals surface area contributed by atoms with Gasteiger partial charge in [-0.15, -0.1) is 0 Å². The first kappa shape index (κ1) is 34.6. The van der Waals surface area contributed by atoms with Crippen molar-refractivity contribution < 1.29 is 22.0 Å². The lowest BCUT2D eigenvalue weighted by molar-refractivity contribution is -0.126. The van der Waals surface area contributed by atoms with Crippen molar-refractivity contribution in [1.82, 2.24) is 29.3 Å². The molecule has 5 heterocycles. The Bertz CT molecular complexity index is 2120. The lowest BCUT2D eigenvalue weighted by Gasteiger charge is -2.40. The van der Waals surface area contributed by atoms with Crippen LogP contribution in [0.25, 0.3) is 28.0 Å². The number of likely N-dealkylation sites (tertiary alicyclic amines) is 1. The van der Waals surface area contributed by atoms with Gasteiger partial charge in [-0.25, -0.2) is 31.5 Å². The van der Waals surface area contributed by atoms with E-state index in [0.29, 0.717) is 19.6 Å². The number of carbonyl (C=O) groups is 1. The van der Waals surface area contributed by atoms with Gasteiger partial charge < -0.3 is 9.80 Å². The van der Waals surface area contributed by atoms with E-state index in [1.165, 1.54) is 37.7 Å². The van der Waals surface area contributed by atoms with E-state index in [0.717, 1.165) is 48.9 Å². The van der Waals surface area contributed by atoms with Crippen LogP contribution in [0.15, 0.2) is 58.4 Å². The van der Waals surface area contributed by atoms with Gasteiger partial charge in [0.15, 0.2) is 21.3 Å². The molecule has 4 aromatic rings. The van der Waals surface area contributed by atoms with Crippen molar-refractivity contribution in [3.8, 4) is 16.9 Å². The number of anilines is 1. The number of halogens is 3. The number of nitrogens with zero attached hydrogens (tertiary/aromatic N) is 7. The Morgan fingerprint density at radius 3 is 2.51 bits per heavy atom. The summed E-state index contributed by atoms with van der Waals surface area (Å²) in [5, 5.41) is -0.0354. The average molecular weight is 712 g/mol. The van der Waals surface area contributed by atoms with Crippen molar-refractivity contribution in [1.29, 1.82) is 0 Å². The van der Waals surface area contributed by atoms with Crippen LogP contribution >= 0.6 is 11.6 Å². The first-order valence-corrected chi connectivity index (χ1v) is 18.3. The van der Waals surface area contributed by atoms with Crippen molar-refractivity contribution in [2.75, 3.05) is 50.4 Å². The Labute approximate surface area is 287 Å². The van der Waals surface area contributed by atoms with Gasteiger partial charge in [0.05, 0.1) is 32.2 Å². The minimum absolute atomic E-state index is 0.0732. The zero-order valence-corrected chi connectivity index (χ0v) is 28.9. The molecular weight excluding hydrogens is 676 g/mol. The molecule has 3 aromatic heterocycles. The Hall–Kier alpha value is -4.27.